The van der Waals surface area contributed by atoms with E-state index >= 15 is 0 Å². The van der Waals surface area contributed by atoms with Gasteiger partial charge in [-0.3, -0.25) is 4.90 Å². The van der Waals surface area contributed by atoms with Crippen molar-refractivity contribution in [3.8, 4) is 11.5 Å². The molecule has 1 unspecified atom stereocenters. The predicted octanol–water partition coefficient (Wildman–Crippen LogP) is 2.05. The molecule has 0 amide bonds. The lowest BCUT2D eigenvalue weighted by atomic mass is 9.90. The van der Waals surface area contributed by atoms with Crippen molar-refractivity contribution in [2.75, 3.05) is 32.8 Å². The summed E-state index contributed by atoms with van der Waals surface area (Å²) in [6.45, 7) is 7.51. The number of hydrogen-bond donors (Lipinski definition) is 1. The third-order valence-corrected chi connectivity index (χ3v) is 4.14. The van der Waals surface area contributed by atoms with Crippen molar-refractivity contribution >= 4 is 12.4 Å². The van der Waals surface area contributed by atoms with Crippen LogP contribution in [0.25, 0.3) is 0 Å². The van der Waals surface area contributed by atoms with Crippen molar-refractivity contribution in [2.45, 2.75) is 19.9 Å². The molecule has 2 N–H and O–H groups in total. The van der Waals surface area contributed by atoms with Gasteiger partial charge >= 0.3 is 0 Å². The Morgan fingerprint density at radius 3 is 2.70 bits per heavy atom. The number of ether oxygens (including phenoxy) is 2. The van der Waals surface area contributed by atoms with Crippen LogP contribution < -0.4 is 15.2 Å². The average molecular weight is 299 g/mol. The Morgan fingerprint density at radius 1 is 1.25 bits per heavy atom. The first-order valence-electron chi connectivity index (χ1n) is 6.99. The standard InChI is InChI=1S/C15H22N2O2.ClH/c1-15(10-16)4-5-17(11-15)9-12-2-3-13-14(8-12)19-7-6-18-13;/h2-3,8H,4-7,9-11,16H2,1H3;1H. The molecule has 112 valence electrons. The highest BCUT2D eigenvalue weighted by Crippen LogP contribution is 2.33. The van der Waals surface area contributed by atoms with Crippen LogP contribution in [0.1, 0.15) is 18.9 Å². The third-order valence-electron chi connectivity index (χ3n) is 4.14. The predicted molar refractivity (Wildman–Crippen MR) is 81.7 cm³/mol. The Labute approximate surface area is 126 Å². The van der Waals surface area contributed by atoms with Crippen molar-refractivity contribution < 1.29 is 9.47 Å². The quantitative estimate of drug-likeness (QED) is 0.928. The molecule has 0 radical (unpaired) electrons. The van der Waals surface area contributed by atoms with Crippen LogP contribution in [0.4, 0.5) is 0 Å². The Hall–Kier alpha value is -0.970. The molecule has 2 aliphatic heterocycles. The summed E-state index contributed by atoms with van der Waals surface area (Å²) in [5.41, 5.74) is 7.42. The van der Waals surface area contributed by atoms with Crippen LogP contribution in [-0.2, 0) is 6.54 Å². The van der Waals surface area contributed by atoms with E-state index in [1.54, 1.807) is 0 Å². The summed E-state index contributed by atoms with van der Waals surface area (Å²) >= 11 is 0. The SMILES string of the molecule is CC1(CN)CCN(Cc2ccc3c(c2)OCCO3)C1.Cl. The largest absolute Gasteiger partial charge is 0.486 e. The fourth-order valence-corrected chi connectivity index (χ4v) is 2.87. The number of benzene rings is 1. The number of likely N-dealkylation sites (tertiary alicyclic amines) is 1. The summed E-state index contributed by atoms with van der Waals surface area (Å²) in [5.74, 6) is 1.74. The Morgan fingerprint density at radius 2 is 2.00 bits per heavy atom. The molecule has 4 nitrogen and oxygen atoms in total. The van der Waals surface area contributed by atoms with Gasteiger partial charge in [-0.25, -0.2) is 0 Å². The van der Waals surface area contributed by atoms with Crippen molar-refractivity contribution in [3.63, 3.8) is 0 Å². The Kier molecular flexibility index (Phi) is 4.78. The minimum absolute atomic E-state index is 0. The zero-order chi connectivity index (χ0) is 13.3. The van der Waals surface area contributed by atoms with Crippen LogP contribution in [0, 0.1) is 5.41 Å². The second-order valence-electron chi connectivity index (χ2n) is 5.95. The van der Waals surface area contributed by atoms with Crippen LogP contribution >= 0.6 is 12.4 Å². The zero-order valence-corrected chi connectivity index (χ0v) is 12.7. The second-order valence-corrected chi connectivity index (χ2v) is 5.95. The molecule has 1 aromatic carbocycles. The van der Waals surface area contributed by atoms with E-state index in [0.717, 1.165) is 37.7 Å². The van der Waals surface area contributed by atoms with Gasteiger partial charge in [-0.05, 0) is 42.6 Å². The van der Waals surface area contributed by atoms with E-state index < -0.39 is 0 Å². The number of fused-ring (bicyclic) bond motifs is 1. The Bertz CT molecular complexity index is 469. The van der Waals surface area contributed by atoms with E-state index in [-0.39, 0.29) is 17.8 Å². The molecule has 3 rings (SSSR count). The van der Waals surface area contributed by atoms with E-state index in [1.165, 1.54) is 12.0 Å². The molecule has 0 aliphatic carbocycles. The summed E-state index contributed by atoms with van der Waals surface area (Å²) in [6.07, 6.45) is 1.19. The molecule has 2 aliphatic rings. The lowest BCUT2D eigenvalue weighted by Crippen LogP contribution is -2.31. The lowest BCUT2D eigenvalue weighted by Gasteiger charge is -2.23. The van der Waals surface area contributed by atoms with E-state index in [1.807, 2.05) is 6.07 Å². The van der Waals surface area contributed by atoms with Gasteiger partial charge in [0.2, 0.25) is 0 Å². The normalized spacial score (nSPS) is 25.3. The van der Waals surface area contributed by atoms with Gasteiger partial charge in [0.15, 0.2) is 11.5 Å². The van der Waals surface area contributed by atoms with Gasteiger partial charge in [0.1, 0.15) is 13.2 Å². The molecule has 0 bridgehead atoms. The van der Waals surface area contributed by atoms with E-state index in [4.69, 9.17) is 15.2 Å². The third kappa shape index (κ3) is 3.19. The highest BCUT2D eigenvalue weighted by atomic mass is 35.5. The maximum absolute atomic E-state index is 5.85. The van der Waals surface area contributed by atoms with Crippen LogP contribution in [0.2, 0.25) is 0 Å². The molecule has 1 atom stereocenters. The van der Waals surface area contributed by atoms with Gasteiger partial charge in [0, 0.05) is 13.1 Å². The first kappa shape index (κ1) is 15.4. The summed E-state index contributed by atoms with van der Waals surface area (Å²) < 4.78 is 11.2. The average Bonchev–Trinajstić information content (AvgIpc) is 2.81. The molecule has 1 saturated heterocycles. The minimum atomic E-state index is 0. The molecule has 0 aromatic heterocycles. The molecule has 1 aromatic rings. The van der Waals surface area contributed by atoms with Crippen LogP contribution in [-0.4, -0.2) is 37.7 Å². The van der Waals surface area contributed by atoms with E-state index in [9.17, 15) is 0 Å². The van der Waals surface area contributed by atoms with Gasteiger partial charge in [0.05, 0.1) is 0 Å². The smallest absolute Gasteiger partial charge is 0.161 e. The monoisotopic (exact) mass is 298 g/mol. The van der Waals surface area contributed by atoms with Gasteiger partial charge < -0.3 is 15.2 Å². The number of hydrogen-bond acceptors (Lipinski definition) is 4. The van der Waals surface area contributed by atoms with Crippen LogP contribution in [0.3, 0.4) is 0 Å². The van der Waals surface area contributed by atoms with Crippen molar-refractivity contribution in [3.05, 3.63) is 23.8 Å². The molecule has 1 fully saturated rings. The van der Waals surface area contributed by atoms with Gasteiger partial charge in [0.25, 0.3) is 0 Å². The van der Waals surface area contributed by atoms with Crippen molar-refractivity contribution in [2.24, 2.45) is 11.1 Å². The Balaban J connectivity index is 0.00000147. The number of rotatable bonds is 3. The fraction of sp³-hybridized carbons (Fsp3) is 0.600. The number of nitrogens with two attached hydrogens (primary N) is 1. The summed E-state index contributed by atoms with van der Waals surface area (Å²) in [7, 11) is 0. The van der Waals surface area contributed by atoms with Crippen molar-refractivity contribution in [1.82, 2.24) is 4.90 Å². The molecule has 5 heteroatoms. The molecule has 2 heterocycles. The summed E-state index contributed by atoms with van der Waals surface area (Å²) in [4.78, 5) is 2.47. The first-order valence-corrected chi connectivity index (χ1v) is 6.99. The molecular weight excluding hydrogens is 276 g/mol. The van der Waals surface area contributed by atoms with Crippen LogP contribution in [0.5, 0.6) is 11.5 Å². The highest BCUT2D eigenvalue weighted by molar-refractivity contribution is 5.85. The molecular formula is C15H23ClN2O2. The van der Waals surface area contributed by atoms with Gasteiger partial charge in [-0.2, -0.15) is 0 Å². The second kappa shape index (κ2) is 6.20. The lowest BCUT2D eigenvalue weighted by molar-refractivity contribution is 0.171. The van der Waals surface area contributed by atoms with Gasteiger partial charge in [-0.1, -0.05) is 13.0 Å². The van der Waals surface area contributed by atoms with Crippen LogP contribution in [0.15, 0.2) is 18.2 Å². The summed E-state index contributed by atoms with van der Waals surface area (Å²) in [5, 5.41) is 0. The maximum Gasteiger partial charge on any atom is 0.161 e. The molecule has 0 saturated carbocycles. The van der Waals surface area contributed by atoms with Crippen molar-refractivity contribution in [1.29, 1.82) is 0 Å². The summed E-state index contributed by atoms with van der Waals surface area (Å²) in [6, 6.07) is 6.25. The highest BCUT2D eigenvalue weighted by Gasteiger charge is 2.32. The number of nitrogens with zero attached hydrogens (tertiary/aromatic N) is 1. The molecule has 20 heavy (non-hydrogen) atoms. The maximum atomic E-state index is 5.85. The van der Waals surface area contributed by atoms with E-state index in [0.29, 0.717) is 13.2 Å². The number of halogens is 1. The first-order chi connectivity index (χ1) is 9.18. The van der Waals surface area contributed by atoms with Gasteiger partial charge in [-0.15, -0.1) is 12.4 Å². The molecule has 0 spiro atoms. The topological polar surface area (TPSA) is 47.7 Å². The fourth-order valence-electron chi connectivity index (χ4n) is 2.87. The minimum Gasteiger partial charge on any atom is -0.486 e. The zero-order valence-electron chi connectivity index (χ0n) is 11.9. The van der Waals surface area contributed by atoms with E-state index in [2.05, 4.69) is 24.0 Å².